The van der Waals surface area contributed by atoms with Crippen molar-refractivity contribution in [1.29, 1.82) is 0 Å². The second-order valence-electron chi connectivity index (χ2n) is 4.14. The summed E-state index contributed by atoms with van der Waals surface area (Å²) in [5.74, 6) is 0.365. The highest BCUT2D eigenvalue weighted by molar-refractivity contribution is 9.10. The van der Waals surface area contributed by atoms with Crippen molar-refractivity contribution in [1.82, 2.24) is 0 Å². The molecule has 2 rings (SSSR count). The lowest BCUT2D eigenvalue weighted by Crippen LogP contribution is -2.05. The summed E-state index contributed by atoms with van der Waals surface area (Å²) < 4.78 is 11.4. The quantitative estimate of drug-likeness (QED) is 0.768. The first-order valence-electron chi connectivity index (χ1n) is 6.34. The Kier molecular flexibility index (Phi) is 5.18. The summed E-state index contributed by atoms with van der Waals surface area (Å²) in [7, 11) is 0. The van der Waals surface area contributed by atoms with Crippen molar-refractivity contribution in [3.8, 4) is 5.75 Å². The van der Waals surface area contributed by atoms with Gasteiger partial charge in [-0.05, 0) is 46.6 Å². The van der Waals surface area contributed by atoms with Crippen molar-refractivity contribution in [2.24, 2.45) is 0 Å². The molecule has 0 saturated heterocycles. The molecule has 0 unspecified atom stereocenters. The zero-order valence-electron chi connectivity index (χ0n) is 11.1. The van der Waals surface area contributed by atoms with Gasteiger partial charge >= 0.3 is 5.97 Å². The summed E-state index contributed by atoms with van der Waals surface area (Å²) in [5, 5.41) is 0. The van der Waals surface area contributed by atoms with Gasteiger partial charge in [-0.3, -0.25) is 0 Å². The lowest BCUT2D eigenvalue weighted by atomic mass is 10.2. The van der Waals surface area contributed by atoms with Crippen LogP contribution in [0.4, 0.5) is 0 Å². The molecule has 0 aliphatic carbocycles. The largest absolute Gasteiger partial charge is 0.493 e. The van der Waals surface area contributed by atoms with Crippen LogP contribution >= 0.6 is 15.9 Å². The summed E-state index contributed by atoms with van der Waals surface area (Å²) in [6.45, 7) is 2.76. The third kappa shape index (κ3) is 3.84. The normalized spacial score (nSPS) is 10.1. The fourth-order valence-corrected chi connectivity index (χ4v) is 2.20. The molecule has 2 aromatic rings. The SMILES string of the molecule is CCOc1ccc(C(=O)OCc2ccccc2)cc1Br. The Morgan fingerprint density at radius 1 is 1.15 bits per heavy atom. The summed E-state index contributed by atoms with van der Waals surface area (Å²) in [6.07, 6.45) is 0. The molecule has 20 heavy (non-hydrogen) atoms. The van der Waals surface area contributed by atoms with Gasteiger partial charge < -0.3 is 9.47 Å². The molecule has 0 saturated carbocycles. The molecule has 0 bridgehead atoms. The van der Waals surface area contributed by atoms with Crippen LogP contribution in [-0.4, -0.2) is 12.6 Å². The van der Waals surface area contributed by atoms with E-state index in [2.05, 4.69) is 15.9 Å². The van der Waals surface area contributed by atoms with E-state index in [0.29, 0.717) is 17.9 Å². The molecular formula is C16H15BrO3. The van der Waals surface area contributed by atoms with E-state index in [0.717, 1.165) is 10.0 Å². The highest BCUT2D eigenvalue weighted by Crippen LogP contribution is 2.26. The Balaban J connectivity index is 2.00. The maximum Gasteiger partial charge on any atom is 0.338 e. The number of ether oxygens (including phenoxy) is 2. The standard InChI is InChI=1S/C16H15BrO3/c1-2-19-15-9-8-13(10-14(15)17)16(18)20-11-12-6-4-3-5-7-12/h3-10H,2,11H2,1H3. The average Bonchev–Trinajstić information content (AvgIpc) is 2.48. The molecule has 0 radical (unpaired) electrons. The Labute approximate surface area is 126 Å². The lowest BCUT2D eigenvalue weighted by molar-refractivity contribution is 0.0472. The summed E-state index contributed by atoms with van der Waals surface area (Å²) in [4.78, 5) is 12.0. The molecule has 0 atom stereocenters. The minimum absolute atomic E-state index is 0.268. The van der Waals surface area contributed by atoms with E-state index < -0.39 is 0 Å². The van der Waals surface area contributed by atoms with E-state index in [4.69, 9.17) is 9.47 Å². The third-order valence-electron chi connectivity index (χ3n) is 2.68. The van der Waals surface area contributed by atoms with Crippen LogP contribution < -0.4 is 4.74 Å². The van der Waals surface area contributed by atoms with E-state index in [-0.39, 0.29) is 12.6 Å². The number of benzene rings is 2. The van der Waals surface area contributed by atoms with Crippen LogP contribution in [0.1, 0.15) is 22.8 Å². The van der Waals surface area contributed by atoms with E-state index in [1.54, 1.807) is 18.2 Å². The third-order valence-corrected chi connectivity index (χ3v) is 3.30. The Hall–Kier alpha value is -1.81. The van der Waals surface area contributed by atoms with Gasteiger partial charge in [-0.2, -0.15) is 0 Å². The van der Waals surface area contributed by atoms with Crippen molar-refractivity contribution >= 4 is 21.9 Å². The molecule has 0 aliphatic heterocycles. The Morgan fingerprint density at radius 3 is 2.55 bits per heavy atom. The Bertz CT molecular complexity index is 582. The maximum atomic E-state index is 12.0. The van der Waals surface area contributed by atoms with Crippen LogP contribution in [0.3, 0.4) is 0 Å². The van der Waals surface area contributed by atoms with Gasteiger partial charge in [0, 0.05) is 0 Å². The van der Waals surface area contributed by atoms with Crippen LogP contribution in [0, 0.1) is 0 Å². The number of halogens is 1. The van der Waals surface area contributed by atoms with Crippen molar-refractivity contribution in [2.45, 2.75) is 13.5 Å². The molecule has 104 valence electrons. The maximum absolute atomic E-state index is 12.0. The molecule has 0 spiro atoms. The second-order valence-corrected chi connectivity index (χ2v) is 4.99. The topological polar surface area (TPSA) is 35.5 Å². The van der Waals surface area contributed by atoms with Crippen LogP contribution in [0.2, 0.25) is 0 Å². The number of carbonyl (C=O) groups is 1. The molecule has 0 fully saturated rings. The van der Waals surface area contributed by atoms with Crippen LogP contribution in [-0.2, 0) is 11.3 Å². The highest BCUT2D eigenvalue weighted by Gasteiger charge is 2.10. The predicted molar refractivity (Wildman–Crippen MR) is 80.9 cm³/mol. The smallest absolute Gasteiger partial charge is 0.338 e. The van der Waals surface area contributed by atoms with Gasteiger partial charge in [-0.25, -0.2) is 4.79 Å². The van der Waals surface area contributed by atoms with E-state index in [1.807, 2.05) is 37.3 Å². The van der Waals surface area contributed by atoms with Crippen molar-refractivity contribution in [3.63, 3.8) is 0 Å². The number of hydrogen-bond donors (Lipinski definition) is 0. The molecule has 0 aliphatic rings. The molecule has 0 N–H and O–H groups in total. The fraction of sp³-hybridized carbons (Fsp3) is 0.188. The van der Waals surface area contributed by atoms with Crippen molar-refractivity contribution in [2.75, 3.05) is 6.61 Å². The van der Waals surface area contributed by atoms with E-state index in [1.165, 1.54) is 0 Å². The molecule has 3 nitrogen and oxygen atoms in total. The zero-order chi connectivity index (χ0) is 14.4. The summed E-state index contributed by atoms with van der Waals surface area (Å²) in [6, 6.07) is 14.7. The number of esters is 1. The van der Waals surface area contributed by atoms with Gasteiger partial charge in [-0.1, -0.05) is 30.3 Å². The van der Waals surface area contributed by atoms with Crippen LogP contribution in [0.5, 0.6) is 5.75 Å². The zero-order valence-corrected chi connectivity index (χ0v) is 12.7. The minimum atomic E-state index is -0.349. The average molecular weight is 335 g/mol. The molecule has 2 aromatic carbocycles. The second kappa shape index (κ2) is 7.10. The first kappa shape index (κ1) is 14.6. The van der Waals surface area contributed by atoms with Crippen LogP contribution in [0.15, 0.2) is 53.0 Å². The van der Waals surface area contributed by atoms with Gasteiger partial charge in [0.2, 0.25) is 0 Å². The number of rotatable bonds is 5. The predicted octanol–water partition coefficient (Wildman–Crippen LogP) is 4.20. The molecule has 0 aromatic heterocycles. The van der Waals surface area contributed by atoms with Crippen molar-refractivity contribution < 1.29 is 14.3 Å². The van der Waals surface area contributed by atoms with Gasteiger partial charge in [-0.15, -0.1) is 0 Å². The van der Waals surface area contributed by atoms with Crippen molar-refractivity contribution in [3.05, 3.63) is 64.1 Å². The summed E-state index contributed by atoms with van der Waals surface area (Å²) in [5.41, 5.74) is 1.46. The summed E-state index contributed by atoms with van der Waals surface area (Å²) >= 11 is 3.38. The van der Waals surface area contributed by atoms with Gasteiger partial charge in [0.25, 0.3) is 0 Å². The first-order chi connectivity index (χ1) is 9.70. The lowest BCUT2D eigenvalue weighted by Gasteiger charge is -2.08. The minimum Gasteiger partial charge on any atom is -0.493 e. The number of hydrogen-bond acceptors (Lipinski definition) is 3. The molecule has 0 amide bonds. The van der Waals surface area contributed by atoms with Crippen LogP contribution in [0.25, 0.3) is 0 Å². The molecule has 4 heteroatoms. The fourth-order valence-electron chi connectivity index (χ4n) is 1.71. The number of carbonyl (C=O) groups excluding carboxylic acids is 1. The molecule has 0 heterocycles. The first-order valence-corrected chi connectivity index (χ1v) is 7.13. The van der Waals surface area contributed by atoms with E-state index in [9.17, 15) is 4.79 Å². The highest BCUT2D eigenvalue weighted by atomic mass is 79.9. The van der Waals surface area contributed by atoms with E-state index >= 15 is 0 Å². The van der Waals surface area contributed by atoms with Gasteiger partial charge in [0.05, 0.1) is 16.6 Å². The molecular weight excluding hydrogens is 320 g/mol. The monoisotopic (exact) mass is 334 g/mol. The van der Waals surface area contributed by atoms with Gasteiger partial charge in [0.1, 0.15) is 12.4 Å². The Morgan fingerprint density at radius 2 is 1.90 bits per heavy atom. The van der Waals surface area contributed by atoms with Gasteiger partial charge in [0.15, 0.2) is 0 Å².